The normalized spacial score (nSPS) is 13.6. The van der Waals surface area contributed by atoms with Gasteiger partial charge in [0.2, 0.25) is 0 Å². The van der Waals surface area contributed by atoms with Gasteiger partial charge in [-0.25, -0.2) is 4.79 Å². The Morgan fingerprint density at radius 3 is 2.32 bits per heavy atom. The number of carbonyl (C=O) groups excluding carboxylic acids is 2. The van der Waals surface area contributed by atoms with Crippen molar-refractivity contribution in [2.45, 2.75) is 18.8 Å². The molecule has 0 radical (unpaired) electrons. The van der Waals surface area contributed by atoms with Crippen molar-refractivity contribution in [3.05, 3.63) is 54.5 Å². The molecule has 0 bridgehead atoms. The Kier molecular flexibility index (Phi) is 5.35. The molecule has 2 rings (SSSR count). The molecule has 6 nitrogen and oxygen atoms in total. The lowest BCUT2D eigenvalue weighted by atomic mass is 10.1. The van der Waals surface area contributed by atoms with Crippen LogP contribution in [0.2, 0.25) is 0 Å². The van der Waals surface area contributed by atoms with Crippen LogP contribution in [0.4, 0.5) is 18.9 Å². The highest BCUT2D eigenvalue weighted by atomic mass is 19.4. The summed E-state index contributed by atoms with van der Waals surface area (Å²) in [6.07, 6.45) is -4.07. The van der Waals surface area contributed by atoms with Crippen molar-refractivity contribution in [3.63, 3.8) is 0 Å². The van der Waals surface area contributed by atoms with E-state index in [9.17, 15) is 22.8 Å². The first-order chi connectivity index (χ1) is 11.8. The molecule has 0 unspecified atom stereocenters. The average Bonchev–Trinajstić information content (AvgIpc) is 3.09. The molecule has 2 aromatic rings. The number of esters is 1. The van der Waals surface area contributed by atoms with Crippen molar-refractivity contribution in [2.24, 2.45) is 0 Å². The largest absolute Gasteiger partial charge is 0.463 e. The number of benzene rings is 1. The van der Waals surface area contributed by atoms with Crippen LogP contribution in [-0.4, -0.2) is 30.3 Å². The molecule has 0 aliphatic carbocycles. The van der Waals surface area contributed by atoms with Gasteiger partial charge in [-0.1, -0.05) is 18.2 Å². The van der Waals surface area contributed by atoms with Gasteiger partial charge in [-0.05, 0) is 31.2 Å². The number of furan rings is 1. The van der Waals surface area contributed by atoms with Crippen LogP contribution in [0.1, 0.15) is 17.5 Å². The first kappa shape index (κ1) is 18.4. The van der Waals surface area contributed by atoms with Crippen LogP contribution in [0, 0.1) is 0 Å². The highest BCUT2D eigenvalue weighted by Crippen LogP contribution is 2.33. The summed E-state index contributed by atoms with van der Waals surface area (Å²) in [6.45, 7) is 1.06. The van der Waals surface area contributed by atoms with E-state index in [0.29, 0.717) is 0 Å². The Balaban J connectivity index is 2.46. The lowest BCUT2D eigenvalue weighted by Gasteiger charge is -2.35. The summed E-state index contributed by atoms with van der Waals surface area (Å²) >= 11 is 0. The molecule has 1 aromatic heterocycles. The minimum Gasteiger partial charge on any atom is -0.463 e. The van der Waals surface area contributed by atoms with Crippen LogP contribution >= 0.6 is 0 Å². The number of nitrogens with one attached hydrogen (secondary N) is 2. The molecular formula is C16H15F3N2O4. The molecule has 0 aliphatic rings. The second-order valence-corrected chi connectivity index (χ2v) is 4.89. The number of hydrogen-bond acceptors (Lipinski definition) is 5. The van der Waals surface area contributed by atoms with Gasteiger partial charge < -0.3 is 19.8 Å². The summed E-state index contributed by atoms with van der Waals surface area (Å²) in [5, 5.41) is 3.70. The molecule has 0 aliphatic heterocycles. The number of anilines is 1. The fourth-order valence-electron chi connectivity index (χ4n) is 2.01. The third kappa shape index (κ3) is 3.93. The molecule has 25 heavy (non-hydrogen) atoms. The van der Waals surface area contributed by atoms with Crippen LogP contribution in [0.15, 0.2) is 53.1 Å². The molecule has 9 heteroatoms. The fraction of sp³-hybridized carbons (Fsp3) is 0.250. The predicted molar refractivity (Wildman–Crippen MR) is 81.7 cm³/mol. The standard InChI is InChI=1S/C16H15F3N2O4/c1-2-24-14(23)15(16(17,18)19,20-11-7-4-3-5-8-11)21-13(22)12-9-6-10-25-12/h3-10,20H,2H2,1H3,(H,21,22)/t15-/m0/s1. The zero-order valence-corrected chi connectivity index (χ0v) is 13.1. The molecule has 1 aromatic carbocycles. The minimum atomic E-state index is -5.20. The second-order valence-electron chi connectivity index (χ2n) is 4.89. The smallest absolute Gasteiger partial charge is 0.441 e. The second kappa shape index (κ2) is 7.29. The minimum absolute atomic E-state index is 0.0346. The Hall–Kier alpha value is -2.97. The number of hydrogen-bond donors (Lipinski definition) is 2. The SMILES string of the molecule is CCOC(=O)[C@@](NC(=O)c1ccco1)(Nc1ccccc1)C(F)(F)F. The molecule has 2 N–H and O–H groups in total. The maximum Gasteiger partial charge on any atom is 0.441 e. The Bertz CT molecular complexity index is 717. The van der Waals surface area contributed by atoms with Crippen LogP contribution in [0.5, 0.6) is 0 Å². The quantitative estimate of drug-likeness (QED) is 0.614. The first-order valence-electron chi connectivity index (χ1n) is 7.23. The third-order valence-corrected chi connectivity index (χ3v) is 3.16. The Morgan fingerprint density at radius 2 is 1.80 bits per heavy atom. The molecule has 1 heterocycles. The summed E-state index contributed by atoms with van der Waals surface area (Å²) in [6, 6.07) is 9.68. The predicted octanol–water partition coefficient (Wildman–Crippen LogP) is 2.94. The van der Waals surface area contributed by atoms with Gasteiger partial charge in [0.15, 0.2) is 5.76 Å². The molecule has 0 saturated carbocycles. The van der Waals surface area contributed by atoms with Crippen LogP contribution < -0.4 is 10.6 Å². The highest BCUT2D eigenvalue weighted by molar-refractivity contribution is 5.97. The summed E-state index contributed by atoms with van der Waals surface area (Å²) < 4.78 is 50.8. The van der Waals surface area contributed by atoms with Crippen molar-refractivity contribution in [1.29, 1.82) is 0 Å². The lowest BCUT2D eigenvalue weighted by Crippen LogP contribution is -2.69. The highest BCUT2D eigenvalue weighted by Gasteiger charge is 2.63. The molecule has 1 amide bonds. The van der Waals surface area contributed by atoms with Gasteiger partial charge in [-0.2, -0.15) is 13.2 Å². The molecule has 0 fully saturated rings. The van der Waals surface area contributed by atoms with Gasteiger partial charge in [-0.15, -0.1) is 0 Å². The maximum atomic E-state index is 13.8. The van der Waals surface area contributed by atoms with Crippen molar-refractivity contribution in [1.82, 2.24) is 5.32 Å². The van der Waals surface area contributed by atoms with E-state index in [0.717, 1.165) is 6.26 Å². The number of amides is 1. The summed E-state index contributed by atoms with van der Waals surface area (Å²) in [4.78, 5) is 24.3. The van der Waals surface area contributed by atoms with E-state index >= 15 is 0 Å². The number of ether oxygens (including phenoxy) is 1. The number of halogens is 3. The Morgan fingerprint density at radius 1 is 1.12 bits per heavy atom. The van der Waals surface area contributed by atoms with Gasteiger partial charge in [0, 0.05) is 5.69 Å². The van der Waals surface area contributed by atoms with Gasteiger partial charge in [0.05, 0.1) is 12.9 Å². The maximum absolute atomic E-state index is 13.8. The summed E-state index contributed by atoms with van der Waals surface area (Å²) in [5.74, 6) is -3.29. The third-order valence-electron chi connectivity index (χ3n) is 3.16. The lowest BCUT2D eigenvalue weighted by molar-refractivity contribution is -0.204. The van der Waals surface area contributed by atoms with Crippen LogP contribution in [-0.2, 0) is 9.53 Å². The monoisotopic (exact) mass is 356 g/mol. The zero-order valence-electron chi connectivity index (χ0n) is 13.1. The molecule has 134 valence electrons. The van der Waals surface area contributed by atoms with Crippen molar-refractivity contribution >= 4 is 17.6 Å². The Labute approximate surface area is 141 Å². The molecule has 1 atom stereocenters. The fourth-order valence-corrected chi connectivity index (χ4v) is 2.01. The molecular weight excluding hydrogens is 341 g/mol. The van der Waals surface area contributed by atoms with Crippen LogP contribution in [0.25, 0.3) is 0 Å². The molecule has 0 spiro atoms. The summed E-state index contributed by atoms with van der Waals surface area (Å²) in [5.41, 5.74) is -3.51. The van der Waals surface area contributed by atoms with Crippen LogP contribution in [0.3, 0.4) is 0 Å². The number of para-hydroxylation sites is 1. The number of alkyl halides is 3. The van der Waals surface area contributed by atoms with Gasteiger partial charge in [-0.3, -0.25) is 4.79 Å². The topological polar surface area (TPSA) is 80.6 Å². The van der Waals surface area contributed by atoms with E-state index in [1.54, 1.807) is 11.4 Å². The van der Waals surface area contributed by atoms with E-state index in [-0.39, 0.29) is 18.1 Å². The van der Waals surface area contributed by atoms with E-state index in [1.807, 2.05) is 5.32 Å². The van der Waals surface area contributed by atoms with Gasteiger partial charge >= 0.3 is 17.8 Å². The van der Waals surface area contributed by atoms with E-state index in [1.165, 1.54) is 43.3 Å². The van der Waals surface area contributed by atoms with Crippen molar-refractivity contribution < 1.29 is 31.9 Å². The van der Waals surface area contributed by atoms with Gasteiger partial charge in [0.25, 0.3) is 5.91 Å². The van der Waals surface area contributed by atoms with E-state index < -0.39 is 23.7 Å². The average molecular weight is 356 g/mol. The van der Waals surface area contributed by atoms with E-state index in [2.05, 4.69) is 4.74 Å². The number of carbonyl (C=O) groups is 2. The number of rotatable bonds is 6. The summed E-state index contributed by atoms with van der Waals surface area (Å²) in [7, 11) is 0. The zero-order chi connectivity index (χ0) is 18.5. The van der Waals surface area contributed by atoms with Crippen molar-refractivity contribution in [2.75, 3.05) is 11.9 Å². The van der Waals surface area contributed by atoms with Gasteiger partial charge in [0.1, 0.15) is 0 Å². The molecule has 0 saturated heterocycles. The van der Waals surface area contributed by atoms with E-state index in [4.69, 9.17) is 4.42 Å². The first-order valence-corrected chi connectivity index (χ1v) is 7.23. The van der Waals surface area contributed by atoms with Crippen molar-refractivity contribution in [3.8, 4) is 0 Å².